The largest absolute Gasteiger partial charge is 0.480 e. The van der Waals surface area contributed by atoms with Crippen molar-refractivity contribution in [3.05, 3.63) is 23.8 Å². The molecule has 0 aromatic heterocycles. The average Bonchev–Trinajstić information content (AvgIpc) is 2.57. The van der Waals surface area contributed by atoms with E-state index in [0.29, 0.717) is 17.9 Å². The number of nitrogens with one attached hydrogen (secondary N) is 1. The van der Waals surface area contributed by atoms with Gasteiger partial charge in [-0.1, -0.05) is 6.07 Å². The number of guanidine groups is 1. The van der Waals surface area contributed by atoms with Gasteiger partial charge in [-0.15, -0.1) is 0 Å². The molecule has 0 bridgehead atoms. The van der Waals surface area contributed by atoms with Gasteiger partial charge >= 0.3 is 11.9 Å². The second-order valence-corrected chi connectivity index (χ2v) is 6.21. The van der Waals surface area contributed by atoms with Crippen LogP contribution in [-0.4, -0.2) is 54.6 Å². The maximum absolute atomic E-state index is 12.3. The highest BCUT2D eigenvalue weighted by atomic mass is 16.5. The van der Waals surface area contributed by atoms with E-state index in [-0.39, 0.29) is 32.0 Å². The minimum atomic E-state index is -1.15. The third-order valence-corrected chi connectivity index (χ3v) is 3.91. The summed E-state index contributed by atoms with van der Waals surface area (Å²) in [6, 6.07) is 4.20. The predicted molar refractivity (Wildman–Crippen MR) is 98.5 cm³/mol. The molecule has 1 aliphatic rings. The smallest absolute Gasteiger partial charge is 0.331 e. The third-order valence-electron chi connectivity index (χ3n) is 3.91. The monoisotopic (exact) mass is 377 g/mol. The number of carboxylic acids is 1. The Hall–Kier alpha value is -3.30. The maximum Gasteiger partial charge on any atom is 0.331 e. The Morgan fingerprint density at radius 3 is 2.81 bits per heavy atom. The van der Waals surface area contributed by atoms with Gasteiger partial charge in [-0.3, -0.25) is 9.79 Å². The zero-order chi connectivity index (χ0) is 20.0. The minimum absolute atomic E-state index is 0.0724. The van der Waals surface area contributed by atoms with Gasteiger partial charge in [-0.25, -0.2) is 9.59 Å². The number of rotatable bonds is 8. The van der Waals surface area contributed by atoms with Crippen molar-refractivity contribution >= 4 is 29.5 Å². The quantitative estimate of drug-likeness (QED) is 0.153. The molecule has 1 aromatic carbocycles. The minimum Gasteiger partial charge on any atom is -0.480 e. The first-order valence-electron chi connectivity index (χ1n) is 8.40. The molecular weight excluding hydrogens is 354 g/mol. The van der Waals surface area contributed by atoms with Crippen molar-refractivity contribution in [3.8, 4) is 5.75 Å². The Kier molecular flexibility index (Phi) is 6.58. The summed E-state index contributed by atoms with van der Waals surface area (Å²) in [5, 5.41) is 11.8. The number of hydrogen-bond donors (Lipinski definition) is 4. The van der Waals surface area contributed by atoms with Crippen molar-refractivity contribution in [2.24, 2.45) is 16.5 Å². The van der Waals surface area contributed by atoms with Crippen LogP contribution in [0.3, 0.4) is 0 Å². The van der Waals surface area contributed by atoms with Crippen molar-refractivity contribution in [2.75, 3.05) is 24.5 Å². The lowest BCUT2D eigenvalue weighted by Crippen LogP contribution is -2.48. The van der Waals surface area contributed by atoms with E-state index in [9.17, 15) is 19.5 Å². The first-order valence-corrected chi connectivity index (χ1v) is 8.40. The van der Waals surface area contributed by atoms with Crippen LogP contribution >= 0.6 is 0 Å². The van der Waals surface area contributed by atoms with E-state index in [0.717, 1.165) is 5.56 Å². The molecule has 0 aliphatic carbocycles. The van der Waals surface area contributed by atoms with Crippen LogP contribution in [0.25, 0.3) is 0 Å². The number of carbonyl (C=O) groups is 3. The number of benzene rings is 1. The van der Waals surface area contributed by atoms with Crippen molar-refractivity contribution in [2.45, 2.75) is 25.8 Å². The SMILES string of the molecule is Cc1ccc2c(c1)N(CC(=O)NC(CCCN=C(N)N)C(=O)O)CC(=O)O2. The third kappa shape index (κ3) is 5.87. The van der Waals surface area contributed by atoms with Crippen LogP contribution in [0, 0.1) is 6.92 Å². The molecule has 1 amide bonds. The Bertz CT molecular complexity index is 760. The van der Waals surface area contributed by atoms with Crippen LogP contribution < -0.4 is 26.4 Å². The zero-order valence-corrected chi connectivity index (χ0v) is 15.0. The van der Waals surface area contributed by atoms with Gasteiger partial charge in [0.15, 0.2) is 11.7 Å². The fourth-order valence-corrected chi connectivity index (χ4v) is 2.67. The van der Waals surface area contributed by atoms with Gasteiger partial charge in [0, 0.05) is 6.54 Å². The van der Waals surface area contributed by atoms with Crippen molar-refractivity contribution in [1.82, 2.24) is 5.32 Å². The molecule has 1 atom stereocenters. The van der Waals surface area contributed by atoms with Gasteiger partial charge in [0.2, 0.25) is 5.91 Å². The molecule has 0 saturated carbocycles. The normalized spacial score (nSPS) is 14.0. The highest BCUT2D eigenvalue weighted by molar-refractivity contribution is 5.91. The van der Waals surface area contributed by atoms with E-state index in [1.165, 1.54) is 0 Å². The fourth-order valence-electron chi connectivity index (χ4n) is 2.67. The number of carbonyl (C=O) groups excluding carboxylic acids is 2. The highest BCUT2D eigenvalue weighted by Crippen LogP contribution is 2.32. The molecule has 0 saturated heterocycles. The van der Waals surface area contributed by atoms with Gasteiger partial charge in [0.25, 0.3) is 0 Å². The maximum atomic E-state index is 12.3. The second kappa shape index (κ2) is 8.88. The fraction of sp³-hybridized carbons (Fsp3) is 0.412. The van der Waals surface area contributed by atoms with Crippen molar-refractivity contribution in [1.29, 1.82) is 0 Å². The number of aryl methyl sites for hydroxylation is 1. The molecule has 27 heavy (non-hydrogen) atoms. The number of fused-ring (bicyclic) bond motifs is 1. The number of nitrogens with zero attached hydrogens (tertiary/aromatic N) is 2. The standard InChI is InChI=1S/C17H23N5O5/c1-10-4-5-13-12(7-10)22(9-15(24)27-13)8-14(23)21-11(16(25)26)3-2-6-20-17(18)19/h4-5,7,11H,2-3,6,8-9H2,1H3,(H,21,23)(H,25,26)(H4,18,19,20). The van der Waals surface area contributed by atoms with Crippen LogP contribution in [0.1, 0.15) is 18.4 Å². The molecule has 0 spiro atoms. The lowest BCUT2D eigenvalue weighted by Gasteiger charge is -2.30. The van der Waals surface area contributed by atoms with E-state index in [1.54, 1.807) is 23.1 Å². The average molecular weight is 377 g/mol. The lowest BCUT2D eigenvalue weighted by molar-refractivity contribution is -0.142. The number of anilines is 1. The molecule has 6 N–H and O–H groups in total. The number of aliphatic imine (C=N–C) groups is 1. The number of esters is 1. The Balaban J connectivity index is 1.99. The summed E-state index contributed by atoms with van der Waals surface area (Å²) >= 11 is 0. The zero-order valence-electron chi connectivity index (χ0n) is 15.0. The summed E-state index contributed by atoms with van der Waals surface area (Å²) < 4.78 is 5.16. The first-order chi connectivity index (χ1) is 12.8. The number of hydrogen-bond acceptors (Lipinski definition) is 6. The first kappa shape index (κ1) is 20.0. The Morgan fingerprint density at radius 2 is 2.15 bits per heavy atom. The second-order valence-electron chi connectivity index (χ2n) is 6.21. The number of nitrogens with two attached hydrogens (primary N) is 2. The summed E-state index contributed by atoms with van der Waals surface area (Å²) in [4.78, 5) is 40.8. The van der Waals surface area contributed by atoms with Gasteiger partial charge in [0.05, 0.1) is 12.2 Å². The van der Waals surface area contributed by atoms with E-state index < -0.39 is 23.9 Å². The number of amides is 1. The summed E-state index contributed by atoms with van der Waals surface area (Å²) in [6.07, 6.45) is 0.572. The van der Waals surface area contributed by atoms with Gasteiger partial charge in [0.1, 0.15) is 12.6 Å². The van der Waals surface area contributed by atoms with E-state index >= 15 is 0 Å². The van der Waals surface area contributed by atoms with E-state index in [2.05, 4.69) is 10.3 Å². The van der Waals surface area contributed by atoms with Crippen LogP contribution in [-0.2, 0) is 14.4 Å². The predicted octanol–water partition coefficient (Wildman–Crippen LogP) is -0.657. The summed E-state index contributed by atoms with van der Waals surface area (Å²) in [6.45, 7) is 1.90. The van der Waals surface area contributed by atoms with Gasteiger partial charge in [-0.2, -0.15) is 0 Å². The van der Waals surface area contributed by atoms with E-state index in [4.69, 9.17) is 16.2 Å². The molecule has 146 valence electrons. The number of ether oxygens (including phenoxy) is 1. The van der Waals surface area contributed by atoms with Crippen LogP contribution in [0.5, 0.6) is 5.75 Å². The number of aliphatic carboxylic acids is 1. The van der Waals surface area contributed by atoms with Crippen molar-refractivity contribution in [3.63, 3.8) is 0 Å². The molecule has 1 aliphatic heterocycles. The Morgan fingerprint density at radius 1 is 1.41 bits per heavy atom. The van der Waals surface area contributed by atoms with Crippen molar-refractivity contribution < 1.29 is 24.2 Å². The molecule has 10 heteroatoms. The molecule has 1 aromatic rings. The molecule has 0 radical (unpaired) electrons. The molecule has 2 rings (SSSR count). The van der Waals surface area contributed by atoms with Crippen LogP contribution in [0.4, 0.5) is 5.69 Å². The van der Waals surface area contributed by atoms with Gasteiger partial charge < -0.3 is 31.5 Å². The Labute approximate surface area is 156 Å². The highest BCUT2D eigenvalue weighted by Gasteiger charge is 2.27. The van der Waals surface area contributed by atoms with Gasteiger partial charge in [-0.05, 0) is 37.5 Å². The molecule has 1 heterocycles. The number of carboxylic acid groups (broad SMARTS) is 1. The summed E-state index contributed by atoms with van der Waals surface area (Å²) in [5.41, 5.74) is 12.0. The van der Waals surface area contributed by atoms with Crippen LogP contribution in [0.15, 0.2) is 23.2 Å². The molecule has 0 fully saturated rings. The summed E-state index contributed by atoms with van der Waals surface area (Å²) in [5.74, 6) is -1.84. The summed E-state index contributed by atoms with van der Waals surface area (Å²) in [7, 11) is 0. The molecule has 10 nitrogen and oxygen atoms in total. The molecule has 1 unspecified atom stereocenters. The topological polar surface area (TPSA) is 160 Å². The van der Waals surface area contributed by atoms with E-state index in [1.807, 2.05) is 6.92 Å². The van der Waals surface area contributed by atoms with Crippen LogP contribution in [0.2, 0.25) is 0 Å². The lowest BCUT2D eigenvalue weighted by atomic mass is 10.1. The molecular formula is C17H23N5O5.